The van der Waals surface area contributed by atoms with Crippen LogP contribution in [0.5, 0.6) is 0 Å². The van der Waals surface area contributed by atoms with Gasteiger partial charge in [0.05, 0.1) is 18.2 Å². The first kappa shape index (κ1) is 23.3. The van der Waals surface area contributed by atoms with Gasteiger partial charge in [0.15, 0.2) is 11.0 Å². The lowest BCUT2D eigenvalue weighted by atomic mass is 10.1. The van der Waals surface area contributed by atoms with Gasteiger partial charge in [-0.05, 0) is 37.1 Å². The Morgan fingerprint density at radius 1 is 1.19 bits per heavy atom. The molecule has 2 aromatic carbocycles. The highest BCUT2D eigenvalue weighted by Crippen LogP contribution is 2.30. The SMILES string of the molecule is CCC(C)NC(=O)c1ccccc1CSc1nnc(-c2ccccc2Cl)n1CCOC. The highest BCUT2D eigenvalue weighted by atomic mass is 35.5. The van der Waals surface area contributed by atoms with Crippen LogP contribution < -0.4 is 5.32 Å². The summed E-state index contributed by atoms with van der Waals surface area (Å²) in [6.45, 7) is 5.18. The standard InChI is InChI=1S/C23H27ClN4O2S/c1-4-16(2)25-22(29)18-10-6-5-9-17(18)15-31-23-27-26-21(28(23)13-14-30-3)19-11-7-8-12-20(19)24/h5-12,16H,4,13-15H2,1-3H3,(H,25,29). The smallest absolute Gasteiger partial charge is 0.251 e. The second kappa shape index (κ2) is 11.3. The molecule has 1 heterocycles. The second-order valence-corrected chi connectivity index (χ2v) is 8.51. The van der Waals surface area contributed by atoms with Gasteiger partial charge < -0.3 is 10.1 Å². The van der Waals surface area contributed by atoms with Crippen LogP contribution in [0, 0.1) is 0 Å². The summed E-state index contributed by atoms with van der Waals surface area (Å²) in [5, 5.41) is 13.2. The number of methoxy groups -OCH3 is 1. The molecule has 8 heteroatoms. The molecule has 3 rings (SSSR count). The van der Waals surface area contributed by atoms with Crippen LogP contribution in [0.3, 0.4) is 0 Å². The van der Waals surface area contributed by atoms with Gasteiger partial charge in [0.1, 0.15) is 0 Å². The van der Waals surface area contributed by atoms with Crippen LogP contribution in [-0.2, 0) is 17.0 Å². The summed E-state index contributed by atoms with van der Waals surface area (Å²) in [7, 11) is 1.67. The molecule has 0 aliphatic carbocycles. The molecule has 1 unspecified atom stereocenters. The Balaban J connectivity index is 1.84. The van der Waals surface area contributed by atoms with Gasteiger partial charge in [0.2, 0.25) is 0 Å². The monoisotopic (exact) mass is 458 g/mol. The molecule has 6 nitrogen and oxygen atoms in total. The van der Waals surface area contributed by atoms with E-state index in [4.69, 9.17) is 16.3 Å². The molecule has 0 bridgehead atoms. The van der Waals surface area contributed by atoms with Crippen LogP contribution in [-0.4, -0.2) is 40.4 Å². The molecule has 0 fully saturated rings. The highest BCUT2D eigenvalue weighted by molar-refractivity contribution is 7.98. The summed E-state index contributed by atoms with van der Waals surface area (Å²) >= 11 is 7.93. The van der Waals surface area contributed by atoms with Crippen molar-refractivity contribution in [3.05, 3.63) is 64.7 Å². The van der Waals surface area contributed by atoms with Crippen molar-refractivity contribution >= 4 is 29.3 Å². The van der Waals surface area contributed by atoms with Crippen LogP contribution in [0.1, 0.15) is 36.2 Å². The van der Waals surface area contributed by atoms with Crippen molar-refractivity contribution in [2.75, 3.05) is 13.7 Å². The molecule has 3 aromatic rings. The molecule has 31 heavy (non-hydrogen) atoms. The lowest BCUT2D eigenvalue weighted by Crippen LogP contribution is -2.32. The minimum atomic E-state index is -0.0526. The molecule has 0 saturated carbocycles. The number of halogens is 1. The van der Waals surface area contributed by atoms with Crippen LogP contribution >= 0.6 is 23.4 Å². The Morgan fingerprint density at radius 2 is 1.94 bits per heavy atom. The minimum absolute atomic E-state index is 0.0526. The number of benzene rings is 2. The number of nitrogens with zero attached hydrogens (tertiary/aromatic N) is 3. The van der Waals surface area contributed by atoms with Crippen molar-refractivity contribution in [2.45, 2.75) is 43.8 Å². The molecule has 1 aromatic heterocycles. The topological polar surface area (TPSA) is 69.0 Å². The normalized spacial score (nSPS) is 12.0. The molecule has 1 atom stereocenters. The maximum absolute atomic E-state index is 12.7. The summed E-state index contributed by atoms with van der Waals surface area (Å²) in [5.41, 5.74) is 2.46. The van der Waals surface area contributed by atoms with Crippen LogP contribution in [0.4, 0.5) is 0 Å². The highest BCUT2D eigenvalue weighted by Gasteiger charge is 2.18. The van der Waals surface area contributed by atoms with E-state index in [1.54, 1.807) is 7.11 Å². The number of aromatic nitrogens is 3. The Labute approximate surface area is 192 Å². The predicted molar refractivity (Wildman–Crippen MR) is 126 cm³/mol. The maximum Gasteiger partial charge on any atom is 0.251 e. The quantitative estimate of drug-likeness (QED) is 0.430. The number of hydrogen-bond donors (Lipinski definition) is 1. The van der Waals surface area contributed by atoms with Gasteiger partial charge in [0.25, 0.3) is 5.91 Å². The third-order valence-corrected chi connectivity index (χ3v) is 6.30. The summed E-state index contributed by atoms with van der Waals surface area (Å²) < 4.78 is 7.29. The third kappa shape index (κ3) is 5.87. The second-order valence-electron chi connectivity index (χ2n) is 7.16. The number of thioether (sulfide) groups is 1. The molecule has 1 amide bonds. The van der Waals surface area contributed by atoms with E-state index in [1.807, 2.05) is 60.0 Å². The third-order valence-electron chi connectivity index (χ3n) is 4.96. The number of hydrogen-bond acceptors (Lipinski definition) is 5. The van der Waals surface area contributed by atoms with Gasteiger partial charge in [-0.3, -0.25) is 9.36 Å². The van der Waals surface area contributed by atoms with Gasteiger partial charge in [-0.15, -0.1) is 10.2 Å². The molecule has 0 saturated heterocycles. The van der Waals surface area contributed by atoms with Gasteiger partial charge in [-0.25, -0.2) is 0 Å². The van der Waals surface area contributed by atoms with Crippen molar-refractivity contribution in [1.82, 2.24) is 20.1 Å². The van der Waals surface area contributed by atoms with Crippen LogP contribution in [0.2, 0.25) is 5.02 Å². The summed E-state index contributed by atoms with van der Waals surface area (Å²) in [5.74, 6) is 1.24. The van der Waals surface area contributed by atoms with E-state index in [0.29, 0.717) is 35.3 Å². The van der Waals surface area contributed by atoms with E-state index in [1.165, 1.54) is 11.8 Å². The fourth-order valence-corrected chi connectivity index (χ4v) is 4.22. The molecule has 0 spiro atoms. The van der Waals surface area contributed by atoms with Crippen molar-refractivity contribution in [3.63, 3.8) is 0 Å². The summed E-state index contributed by atoms with van der Waals surface area (Å²) in [4.78, 5) is 12.7. The van der Waals surface area contributed by atoms with Crippen molar-refractivity contribution in [3.8, 4) is 11.4 Å². The van der Waals surface area contributed by atoms with Gasteiger partial charge in [-0.1, -0.05) is 60.6 Å². The molecule has 0 aliphatic rings. The summed E-state index contributed by atoms with van der Waals surface area (Å²) in [6.07, 6.45) is 0.885. The number of carbonyl (C=O) groups is 1. The van der Waals surface area contributed by atoms with Crippen molar-refractivity contribution in [1.29, 1.82) is 0 Å². The summed E-state index contributed by atoms with van der Waals surface area (Å²) in [6, 6.07) is 15.4. The predicted octanol–water partition coefficient (Wildman–Crippen LogP) is 5.07. The number of rotatable bonds is 10. The molecule has 0 aliphatic heterocycles. The minimum Gasteiger partial charge on any atom is -0.383 e. The Hall–Kier alpha value is -2.35. The number of carbonyl (C=O) groups excluding carboxylic acids is 1. The first-order valence-electron chi connectivity index (χ1n) is 10.2. The average Bonchev–Trinajstić information content (AvgIpc) is 3.18. The molecular weight excluding hydrogens is 432 g/mol. The zero-order valence-electron chi connectivity index (χ0n) is 18.0. The van der Waals surface area contributed by atoms with E-state index in [-0.39, 0.29) is 11.9 Å². The lowest BCUT2D eigenvalue weighted by molar-refractivity contribution is 0.0938. The zero-order chi connectivity index (χ0) is 22.2. The van der Waals surface area contributed by atoms with E-state index >= 15 is 0 Å². The van der Waals surface area contributed by atoms with Crippen molar-refractivity contribution in [2.24, 2.45) is 0 Å². The first-order valence-corrected chi connectivity index (χ1v) is 11.6. The fraction of sp³-hybridized carbons (Fsp3) is 0.348. The lowest BCUT2D eigenvalue weighted by Gasteiger charge is -2.14. The Bertz CT molecular complexity index is 1020. The zero-order valence-corrected chi connectivity index (χ0v) is 19.5. The maximum atomic E-state index is 12.7. The molecule has 0 radical (unpaired) electrons. The fourth-order valence-electron chi connectivity index (χ4n) is 3.04. The average molecular weight is 459 g/mol. The van der Waals surface area contributed by atoms with E-state index in [0.717, 1.165) is 22.7 Å². The first-order chi connectivity index (χ1) is 15.0. The Kier molecular flexibility index (Phi) is 8.51. The van der Waals surface area contributed by atoms with Crippen molar-refractivity contribution < 1.29 is 9.53 Å². The van der Waals surface area contributed by atoms with Gasteiger partial charge in [-0.2, -0.15) is 0 Å². The molecule has 1 N–H and O–H groups in total. The molecular formula is C23H27ClN4O2S. The van der Waals surface area contributed by atoms with E-state index in [2.05, 4.69) is 22.4 Å². The largest absolute Gasteiger partial charge is 0.383 e. The number of amides is 1. The number of ether oxygens (including phenoxy) is 1. The molecule has 164 valence electrons. The van der Waals surface area contributed by atoms with Gasteiger partial charge >= 0.3 is 0 Å². The van der Waals surface area contributed by atoms with Crippen LogP contribution in [0.25, 0.3) is 11.4 Å². The van der Waals surface area contributed by atoms with Gasteiger partial charge in [0, 0.05) is 30.0 Å². The Morgan fingerprint density at radius 3 is 2.68 bits per heavy atom. The number of nitrogens with one attached hydrogen (secondary N) is 1. The van der Waals surface area contributed by atoms with E-state index in [9.17, 15) is 4.79 Å². The van der Waals surface area contributed by atoms with Crippen LogP contribution in [0.15, 0.2) is 53.7 Å². The van der Waals surface area contributed by atoms with E-state index < -0.39 is 0 Å².